The molecule has 0 bridgehead atoms. The Balaban J connectivity index is 6.14. The summed E-state index contributed by atoms with van der Waals surface area (Å²) in [5, 5.41) is 53.7. The molecule has 59 heavy (non-hydrogen) atoms. The Morgan fingerprint density at radius 1 is 0.508 bits per heavy atom. The van der Waals surface area contributed by atoms with Gasteiger partial charge in [0.1, 0.15) is 42.3 Å². The molecule has 0 spiro atoms. The van der Waals surface area contributed by atoms with Gasteiger partial charge in [0.05, 0.1) is 25.7 Å². The zero-order valence-electron chi connectivity index (χ0n) is 32.2. The largest absolute Gasteiger partial charge is 0.481 e. The molecular formula is C32H54N10O15S2. The molecule has 0 saturated heterocycles. The highest BCUT2D eigenvalue weighted by Gasteiger charge is 2.34. The Labute approximate surface area is 348 Å². The molecule has 0 aromatic heterocycles. The van der Waals surface area contributed by atoms with E-state index in [0.29, 0.717) is 0 Å². The summed E-state index contributed by atoms with van der Waals surface area (Å²) in [6.45, 7) is 1.08. The minimum atomic E-state index is -1.91. The molecule has 0 aromatic carbocycles. The lowest BCUT2D eigenvalue weighted by Crippen LogP contribution is -2.61. The fraction of sp³-hybridized carbons (Fsp3) is 0.656. The first-order valence-electron chi connectivity index (χ1n) is 17.8. The number of nitrogens with two attached hydrogens (primary N) is 3. The Morgan fingerprint density at radius 2 is 0.881 bits per heavy atom. The monoisotopic (exact) mass is 882 g/mol. The standard InChI is InChI=1S/C32H54N10O15S2/c1-13(2)7-17(39-29(53)18(8-23(35)46)38-25(49)14(33)11-58)28(52)40-20(10-44)31(55)41-19(9-43)30(54)37-16(4-6-24(47)48)26(50)36-15(3-5-22(34)45)27(51)42-21(12-59)32(56)57/h13-21,43-44,58-59H,3-12,33H2,1-2H3,(H2,34,45)(H2,35,46)(H,36,50)(H,37,54)(H,38,49)(H,39,53)(H,40,52)(H,41,55)(H,42,51)(H,47,48)(H,56,57)/t14-,15-,16-,17-,18-,19-,20-,21-/m0/s1. The fourth-order valence-corrected chi connectivity index (χ4v) is 5.19. The third kappa shape index (κ3) is 20.8. The first-order chi connectivity index (χ1) is 27.5. The Kier molecular flexibility index (Phi) is 25.0. The summed E-state index contributed by atoms with van der Waals surface area (Å²) in [6, 6.07) is -12.9. The molecule has 9 amide bonds. The van der Waals surface area contributed by atoms with Gasteiger partial charge in [0.25, 0.3) is 0 Å². The molecule has 17 N–H and O–H groups in total. The van der Waals surface area contributed by atoms with E-state index in [9.17, 15) is 73.2 Å². The second-order valence-electron chi connectivity index (χ2n) is 13.3. The predicted molar refractivity (Wildman–Crippen MR) is 210 cm³/mol. The first-order valence-corrected chi connectivity index (χ1v) is 19.1. The molecule has 0 aliphatic heterocycles. The number of carboxylic acids is 2. The van der Waals surface area contributed by atoms with E-state index in [2.05, 4.69) is 62.5 Å². The summed E-state index contributed by atoms with van der Waals surface area (Å²) >= 11 is 7.73. The van der Waals surface area contributed by atoms with Gasteiger partial charge in [-0.3, -0.25) is 47.9 Å². The molecular weight excluding hydrogens is 829 g/mol. The van der Waals surface area contributed by atoms with Gasteiger partial charge < -0.3 is 74.8 Å². The summed E-state index contributed by atoms with van der Waals surface area (Å²) in [5.74, 6) is -13.4. The number of carbonyl (C=O) groups is 11. The van der Waals surface area contributed by atoms with Gasteiger partial charge in [-0.25, -0.2) is 4.79 Å². The third-order valence-electron chi connectivity index (χ3n) is 7.93. The number of aliphatic hydroxyl groups is 2. The van der Waals surface area contributed by atoms with Crippen molar-refractivity contribution in [2.75, 3.05) is 24.7 Å². The highest BCUT2D eigenvalue weighted by atomic mass is 32.1. The maximum Gasteiger partial charge on any atom is 0.327 e. The smallest absolute Gasteiger partial charge is 0.327 e. The van der Waals surface area contributed by atoms with Gasteiger partial charge in [-0.1, -0.05) is 13.8 Å². The van der Waals surface area contributed by atoms with E-state index in [0.717, 1.165) is 0 Å². The van der Waals surface area contributed by atoms with Gasteiger partial charge >= 0.3 is 11.9 Å². The SMILES string of the molecule is CC(C)C[C@H](NC(=O)[C@H](CC(N)=O)NC(=O)[C@@H](N)CS)C(=O)N[C@@H](CO)C(=O)N[C@@H](CO)C(=O)N[C@@H](CCC(=O)O)C(=O)N[C@@H](CCC(N)=O)C(=O)N[C@@H](CS)C(=O)O. The van der Waals surface area contributed by atoms with Gasteiger partial charge in [-0.05, 0) is 25.2 Å². The average molecular weight is 883 g/mol. The number of nitrogens with one attached hydrogen (secondary N) is 7. The van der Waals surface area contributed by atoms with E-state index in [-0.39, 0.29) is 23.8 Å². The van der Waals surface area contributed by atoms with Gasteiger partial charge in [0.2, 0.25) is 53.2 Å². The Hall–Kier alpha value is -5.25. The zero-order valence-corrected chi connectivity index (χ0v) is 34.0. The maximum absolute atomic E-state index is 13.3. The molecule has 0 unspecified atom stereocenters. The number of amides is 9. The van der Waals surface area contributed by atoms with Crippen molar-refractivity contribution in [1.82, 2.24) is 37.2 Å². The summed E-state index contributed by atoms with van der Waals surface area (Å²) in [5.41, 5.74) is 16.0. The van der Waals surface area contributed by atoms with E-state index in [1.165, 1.54) is 0 Å². The number of rotatable bonds is 29. The lowest BCUT2D eigenvalue weighted by atomic mass is 10.0. The average Bonchev–Trinajstić information content (AvgIpc) is 3.15. The Bertz CT molecular complexity index is 1540. The number of thiol groups is 2. The van der Waals surface area contributed by atoms with Crippen LogP contribution in [-0.2, 0) is 52.7 Å². The zero-order chi connectivity index (χ0) is 45.6. The molecule has 0 aliphatic rings. The minimum absolute atomic E-state index is 0.0768. The van der Waals surface area contributed by atoms with Gasteiger partial charge in [-0.15, -0.1) is 0 Å². The molecule has 0 heterocycles. The lowest BCUT2D eigenvalue weighted by Gasteiger charge is -2.27. The number of aliphatic hydroxyl groups excluding tert-OH is 2. The van der Waals surface area contributed by atoms with Crippen molar-refractivity contribution in [1.29, 1.82) is 0 Å². The number of hydrogen-bond acceptors (Lipinski definition) is 16. The molecule has 0 fully saturated rings. The third-order valence-corrected chi connectivity index (χ3v) is 8.69. The van der Waals surface area contributed by atoms with E-state index >= 15 is 0 Å². The lowest BCUT2D eigenvalue weighted by molar-refractivity contribution is -0.141. The summed E-state index contributed by atoms with van der Waals surface area (Å²) in [4.78, 5) is 137. The van der Waals surface area contributed by atoms with Crippen LogP contribution in [0.3, 0.4) is 0 Å². The number of primary amides is 2. The second-order valence-corrected chi connectivity index (χ2v) is 14.1. The molecule has 0 saturated carbocycles. The van der Waals surface area contributed by atoms with Crippen LogP contribution in [0.1, 0.15) is 52.4 Å². The second kappa shape index (κ2) is 27.4. The molecule has 0 radical (unpaired) electrons. The van der Waals surface area contributed by atoms with Crippen molar-refractivity contribution in [2.45, 2.75) is 101 Å². The van der Waals surface area contributed by atoms with Crippen LogP contribution in [0.2, 0.25) is 0 Å². The van der Waals surface area contributed by atoms with Crippen molar-refractivity contribution >= 4 is 90.4 Å². The van der Waals surface area contributed by atoms with Crippen LogP contribution in [0.25, 0.3) is 0 Å². The molecule has 8 atom stereocenters. The van der Waals surface area contributed by atoms with Crippen molar-refractivity contribution in [2.24, 2.45) is 23.1 Å². The van der Waals surface area contributed by atoms with Gasteiger partial charge in [-0.2, -0.15) is 25.3 Å². The van der Waals surface area contributed by atoms with E-state index in [4.69, 9.17) is 17.2 Å². The summed E-state index contributed by atoms with van der Waals surface area (Å²) < 4.78 is 0. The van der Waals surface area contributed by atoms with E-state index in [1.54, 1.807) is 13.8 Å². The number of aliphatic carboxylic acids is 2. The molecule has 0 rings (SSSR count). The summed E-state index contributed by atoms with van der Waals surface area (Å²) in [7, 11) is 0. The van der Waals surface area contributed by atoms with Crippen molar-refractivity contribution in [3.63, 3.8) is 0 Å². The van der Waals surface area contributed by atoms with Gasteiger partial charge in [0, 0.05) is 24.3 Å². The van der Waals surface area contributed by atoms with Crippen LogP contribution in [0, 0.1) is 5.92 Å². The Morgan fingerprint density at radius 3 is 1.25 bits per heavy atom. The molecule has 25 nitrogen and oxygen atoms in total. The molecule has 27 heteroatoms. The molecule has 0 aliphatic carbocycles. The van der Waals surface area contributed by atoms with Crippen LogP contribution < -0.4 is 54.4 Å². The highest BCUT2D eigenvalue weighted by Crippen LogP contribution is 2.08. The van der Waals surface area contributed by atoms with Crippen molar-refractivity contribution < 1.29 is 73.2 Å². The normalized spacial score (nSPS) is 15.0. The van der Waals surface area contributed by atoms with Crippen LogP contribution in [0.4, 0.5) is 0 Å². The number of carboxylic acid groups (broad SMARTS) is 2. The van der Waals surface area contributed by atoms with Crippen LogP contribution in [0.5, 0.6) is 0 Å². The van der Waals surface area contributed by atoms with Crippen LogP contribution in [0.15, 0.2) is 0 Å². The van der Waals surface area contributed by atoms with Crippen LogP contribution in [-0.4, -0.2) is 159 Å². The van der Waals surface area contributed by atoms with Gasteiger partial charge in [0.15, 0.2) is 0 Å². The highest BCUT2D eigenvalue weighted by molar-refractivity contribution is 7.80. The topological polar surface area (TPSA) is 431 Å². The first kappa shape index (κ1) is 53.8. The summed E-state index contributed by atoms with van der Waals surface area (Å²) in [6.07, 6.45) is -3.05. The molecule has 0 aromatic rings. The maximum atomic E-state index is 13.3. The fourth-order valence-electron chi connectivity index (χ4n) is 4.77. The van der Waals surface area contributed by atoms with Crippen molar-refractivity contribution in [3.8, 4) is 0 Å². The van der Waals surface area contributed by atoms with E-state index < -0.39 is 159 Å². The van der Waals surface area contributed by atoms with Crippen LogP contribution >= 0.6 is 25.3 Å². The number of hydrogen-bond donors (Lipinski definition) is 16. The minimum Gasteiger partial charge on any atom is -0.481 e. The predicted octanol–water partition coefficient (Wildman–Crippen LogP) is -7.31. The van der Waals surface area contributed by atoms with E-state index in [1.807, 2.05) is 0 Å². The number of carbonyl (C=O) groups excluding carboxylic acids is 9. The quantitative estimate of drug-likeness (QED) is 0.0310. The molecule has 334 valence electrons. The van der Waals surface area contributed by atoms with Crippen molar-refractivity contribution in [3.05, 3.63) is 0 Å².